The monoisotopic (exact) mass is 308 g/mol. The molecule has 23 heavy (non-hydrogen) atoms. The van der Waals surface area contributed by atoms with Crippen molar-refractivity contribution in [1.29, 1.82) is 0 Å². The van der Waals surface area contributed by atoms with Gasteiger partial charge in [-0.1, -0.05) is 49.6 Å². The van der Waals surface area contributed by atoms with Crippen molar-refractivity contribution in [3.63, 3.8) is 0 Å². The van der Waals surface area contributed by atoms with Gasteiger partial charge in [0.2, 0.25) is 0 Å². The van der Waals surface area contributed by atoms with E-state index < -0.39 is 0 Å². The van der Waals surface area contributed by atoms with Gasteiger partial charge in [0.05, 0.1) is 0 Å². The molecule has 0 radical (unpaired) electrons. The largest absolute Gasteiger partial charge is 0.508 e. The van der Waals surface area contributed by atoms with Crippen LogP contribution in [-0.2, 0) is 0 Å². The summed E-state index contributed by atoms with van der Waals surface area (Å²) in [5.74, 6) is 1.23. The Morgan fingerprint density at radius 2 is 1.26 bits per heavy atom. The van der Waals surface area contributed by atoms with Crippen LogP contribution in [0.4, 0.5) is 0 Å². The first kappa shape index (κ1) is 15.7. The van der Waals surface area contributed by atoms with Crippen molar-refractivity contribution in [2.24, 2.45) is 5.92 Å². The van der Waals surface area contributed by atoms with E-state index in [0.717, 1.165) is 17.5 Å². The Labute approximate surface area is 138 Å². The molecule has 0 saturated heterocycles. The average Bonchev–Trinajstić information content (AvgIpc) is 3.09. The molecule has 0 atom stereocenters. The standard InChI is InChI=1S/C21H24O2/c1-2-20(15-5-3-4-6-15)21(16-7-11-18(22)12-8-16)17-9-13-19(23)14-10-17/h7-15,22-23H,2-6H2,1H3. The fourth-order valence-corrected chi connectivity index (χ4v) is 3.74. The second-order valence-corrected chi connectivity index (χ2v) is 6.33. The van der Waals surface area contributed by atoms with E-state index in [1.54, 1.807) is 24.3 Å². The Bertz CT molecular complexity index is 627. The predicted octanol–water partition coefficient (Wildman–Crippen LogP) is 5.50. The summed E-state index contributed by atoms with van der Waals surface area (Å²) < 4.78 is 0. The molecule has 1 aliphatic carbocycles. The van der Waals surface area contributed by atoms with E-state index in [1.165, 1.54) is 36.8 Å². The summed E-state index contributed by atoms with van der Waals surface area (Å²) in [6.45, 7) is 2.23. The van der Waals surface area contributed by atoms with Gasteiger partial charge in [0.1, 0.15) is 11.5 Å². The molecule has 1 aliphatic rings. The number of aromatic hydroxyl groups is 2. The molecule has 0 aliphatic heterocycles. The van der Waals surface area contributed by atoms with Gasteiger partial charge in [0, 0.05) is 0 Å². The van der Waals surface area contributed by atoms with Crippen molar-refractivity contribution in [3.05, 3.63) is 65.2 Å². The van der Waals surface area contributed by atoms with Crippen molar-refractivity contribution in [1.82, 2.24) is 0 Å². The minimum atomic E-state index is 0.290. The number of phenolic OH excluding ortho intramolecular Hbond substituents is 2. The Morgan fingerprint density at radius 3 is 1.65 bits per heavy atom. The van der Waals surface area contributed by atoms with E-state index in [9.17, 15) is 10.2 Å². The van der Waals surface area contributed by atoms with Crippen molar-refractivity contribution in [2.75, 3.05) is 0 Å². The average molecular weight is 308 g/mol. The lowest BCUT2D eigenvalue weighted by Gasteiger charge is -2.21. The van der Waals surface area contributed by atoms with E-state index in [2.05, 4.69) is 6.92 Å². The highest BCUT2D eigenvalue weighted by Crippen LogP contribution is 2.40. The molecule has 1 fully saturated rings. The van der Waals surface area contributed by atoms with E-state index in [-0.39, 0.29) is 11.5 Å². The van der Waals surface area contributed by atoms with Crippen LogP contribution >= 0.6 is 0 Å². The maximum absolute atomic E-state index is 9.60. The van der Waals surface area contributed by atoms with Crippen LogP contribution in [0.5, 0.6) is 11.5 Å². The summed E-state index contributed by atoms with van der Waals surface area (Å²) in [6.07, 6.45) is 6.19. The zero-order valence-corrected chi connectivity index (χ0v) is 13.6. The molecule has 0 unspecified atom stereocenters. The van der Waals surface area contributed by atoms with Crippen LogP contribution in [0.15, 0.2) is 54.1 Å². The van der Waals surface area contributed by atoms with Gasteiger partial charge in [-0.3, -0.25) is 0 Å². The number of benzene rings is 2. The Morgan fingerprint density at radius 1 is 0.826 bits per heavy atom. The number of rotatable bonds is 4. The molecule has 0 aromatic heterocycles. The molecule has 2 aromatic rings. The summed E-state index contributed by atoms with van der Waals surface area (Å²) in [5.41, 5.74) is 5.03. The van der Waals surface area contributed by atoms with Gasteiger partial charge >= 0.3 is 0 Å². The molecule has 0 amide bonds. The van der Waals surface area contributed by atoms with Crippen LogP contribution in [0.2, 0.25) is 0 Å². The number of phenols is 2. The molecular weight excluding hydrogens is 284 g/mol. The van der Waals surface area contributed by atoms with Crippen LogP contribution in [0.25, 0.3) is 5.57 Å². The maximum atomic E-state index is 9.60. The van der Waals surface area contributed by atoms with E-state index in [1.807, 2.05) is 24.3 Å². The third kappa shape index (κ3) is 3.42. The third-order valence-electron chi connectivity index (χ3n) is 4.86. The number of hydrogen-bond donors (Lipinski definition) is 2. The Balaban J connectivity index is 2.15. The molecule has 0 spiro atoms. The quantitative estimate of drug-likeness (QED) is 0.783. The minimum absolute atomic E-state index is 0.290. The summed E-state index contributed by atoms with van der Waals surface area (Å²) in [6, 6.07) is 14.9. The number of allylic oxidation sites excluding steroid dienone is 1. The topological polar surface area (TPSA) is 40.5 Å². The molecule has 2 nitrogen and oxygen atoms in total. The van der Waals surface area contributed by atoms with E-state index >= 15 is 0 Å². The molecule has 2 N–H and O–H groups in total. The third-order valence-corrected chi connectivity index (χ3v) is 4.86. The molecule has 120 valence electrons. The Hall–Kier alpha value is -2.22. The molecule has 0 bridgehead atoms. The summed E-state index contributed by atoms with van der Waals surface area (Å²) in [5, 5.41) is 19.2. The predicted molar refractivity (Wildman–Crippen MR) is 94.5 cm³/mol. The highest BCUT2D eigenvalue weighted by atomic mass is 16.3. The zero-order chi connectivity index (χ0) is 16.2. The second-order valence-electron chi connectivity index (χ2n) is 6.33. The molecule has 0 heterocycles. The van der Waals surface area contributed by atoms with Crippen LogP contribution in [-0.4, -0.2) is 10.2 Å². The fraction of sp³-hybridized carbons (Fsp3) is 0.333. The van der Waals surface area contributed by atoms with Crippen LogP contribution in [0.3, 0.4) is 0 Å². The van der Waals surface area contributed by atoms with Crippen molar-refractivity contribution >= 4 is 5.57 Å². The van der Waals surface area contributed by atoms with Gasteiger partial charge in [-0.25, -0.2) is 0 Å². The van der Waals surface area contributed by atoms with Crippen LogP contribution in [0.1, 0.15) is 50.2 Å². The van der Waals surface area contributed by atoms with Crippen molar-refractivity contribution in [2.45, 2.75) is 39.0 Å². The Kier molecular flexibility index (Phi) is 4.71. The first-order valence-corrected chi connectivity index (χ1v) is 8.51. The maximum Gasteiger partial charge on any atom is 0.115 e. The molecule has 3 rings (SSSR count). The SMILES string of the molecule is CCC(=C(c1ccc(O)cc1)c1ccc(O)cc1)C1CCCC1. The molecular formula is C21H24O2. The fourth-order valence-electron chi connectivity index (χ4n) is 3.74. The summed E-state index contributed by atoms with van der Waals surface area (Å²) in [7, 11) is 0. The summed E-state index contributed by atoms with van der Waals surface area (Å²) >= 11 is 0. The molecule has 2 heteroatoms. The highest BCUT2D eigenvalue weighted by molar-refractivity contribution is 5.82. The lowest BCUT2D eigenvalue weighted by Crippen LogP contribution is -2.03. The lowest BCUT2D eigenvalue weighted by molar-refractivity contribution is 0.475. The van der Waals surface area contributed by atoms with Crippen LogP contribution < -0.4 is 0 Å². The normalized spacial score (nSPS) is 14.8. The van der Waals surface area contributed by atoms with E-state index in [0.29, 0.717) is 5.92 Å². The van der Waals surface area contributed by atoms with Gasteiger partial charge in [-0.15, -0.1) is 0 Å². The summed E-state index contributed by atoms with van der Waals surface area (Å²) in [4.78, 5) is 0. The van der Waals surface area contributed by atoms with Crippen molar-refractivity contribution in [3.8, 4) is 11.5 Å². The second kappa shape index (κ2) is 6.91. The van der Waals surface area contributed by atoms with Gasteiger partial charge in [0.15, 0.2) is 0 Å². The molecule has 1 saturated carbocycles. The van der Waals surface area contributed by atoms with Crippen molar-refractivity contribution < 1.29 is 10.2 Å². The van der Waals surface area contributed by atoms with E-state index in [4.69, 9.17) is 0 Å². The minimum Gasteiger partial charge on any atom is -0.508 e. The first-order chi connectivity index (χ1) is 11.2. The highest BCUT2D eigenvalue weighted by Gasteiger charge is 2.22. The zero-order valence-electron chi connectivity index (χ0n) is 13.6. The van der Waals surface area contributed by atoms with Gasteiger partial charge in [-0.2, -0.15) is 0 Å². The van der Waals surface area contributed by atoms with Crippen LogP contribution in [0, 0.1) is 5.92 Å². The van der Waals surface area contributed by atoms with Gasteiger partial charge < -0.3 is 10.2 Å². The number of hydrogen-bond acceptors (Lipinski definition) is 2. The first-order valence-electron chi connectivity index (χ1n) is 8.51. The lowest BCUT2D eigenvalue weighted by atomic mass is 9.84. The smallest absolute Gasteiger partial charge is 0.115 e. The molecule has 2 aromatic carbocycles. The van der Waals surface area contributed by atoms with Gasteiger partial charge in [-0.05, 0) is 66.1 Å². The van der Waals surface area contributed by atoms with Gasteiger partial charge in [0.25, 0.3) is 0 Å².